The molecular weight excluding hydrogens is 996 g/mol. The van der Waals surface area contributed by atoms with Gasteiger partial charge >= 0.3 is 75.0 Å². The Morgan fingerprint density at radius 1 is 0.391 bits per heavy atom. The third-order valence-electron chi connectivity index (χ3n) is 9.13. The molecular formula is C29H49F17O15Si3. The summed E-state index contributed by atoms with van der Waals surface area (Å²) in [6.07, 6.45) is -46.8. The van der Waals surface area contributed by atoms with Crippen LogP contribution in [0.4, 0.5) is 74.6 Å². The Hall–Kier alpha value is -1.14. The van der Waals surface area contributed by atoms with E-state index in [4.69, 9.17) is 39.8 Å². The smallest absolute Gasteiger partial charge is 0.378 e. The second-order valence-corrected chi connectivity index (χ2v) is 22.1. The first-order chi connectivity index (χ1) is 28.9. The number of halogens is 17. The number of hydrogen-bond acceptors (Lipinski definition) is 15. The summed E-state index contributed by atoms with van der Waals surface area (Å²) >= 11 is 0. The first-order valence-corrected chi connectivity index (χ1v) is 23.2. The molecule has 35 heteroatoms. The highest BCUT2D eigenvalue weighted by atomic mass is 28.4. The fourth-order valence-electron chi connectivity index (χ4n) is 4.81. The van der Waals surface area contributed by atoms with Crippen molar-refractivity contribution in [2.45, 2.75) is 79.7 Å². The van der Waals surface area contributed by atoms with E-state index >= 15 is 35.1 Å². The fourth-order valence-corrected chi connectivity index (χ4v) is 9.33. The lowest BCUT2D eigenvalue weighted by atomic mass is 9.84. The lowest BCUT2D eigenvalue weighted by Crippen LogP contribution is -2.70. The monoisotopic (exact) mass is 1040 g/mol. The van der Waals surface area contributed by atoms with E-state index < -0.39 is 151 Å². The van der Waals surface area contributed by atoms with Crippen LogP contribution in [0, 0.1) is 5.41 Å². The van der Waals surface area contributed by atoms with E-state index in [-0.39, 0.29) is 0 Å². The molecule has 0 aromatic heterocycles. The van der Waals surface area contributed by atoms with E-state index in [0.717, 1.165) is 64.0 Å². The summed E-state index contributed by atoms with van der Waals surface area (Å²) < 4.78 is 321. The molecule has 0 aromatic rings. The molecule has 0 aromatic carbocycles. The van der Waals surface area contributed by atoms with Crippen molar-refractivity contribution >= 4 is 26.4 Å². The predicted molar refractivity (Wildman–Crippen MR) is 183 cm³/mol. The average Bonchev–Trinajstić information content (AvgIpc) is 3.19. The second kappa shape index (κ2) is 23.9. The zero-order chi connectivity index (χ0) is 50.5. The molecule has 0 heterocycles. The summed E-state index contributed by atoms with van der Waals surface area (Å²) in [5, 5.41) is 0. The van der Waals surface area contributed by atoms with Crippen LogP contribution in [0.3, 0.4) is 0 Å². The molecule has 0 saturated heterocycles. The lowest BCUT2D eigenvalue weighted by Gasteiger charge is -2.48. The Labute approximate surface area is 358 Å². The molecule has 0 aliphatic heterocycles. The standard InChI is InChI=1S/C29H49F17O15Si3/c1-21(27(41,42)59-20(24(32,33)34)17-56-11-14-62(47-2,48-3)49-4,28(43,44)60-22(30,25(35,36)37)18-57-12-15-63(50-5,51-6)52-7)29(45,46)61-23(31,26(38,39)40)19-58-13-16-64(53-8,54-9)55-10/h20H,11-19H2,1-10H3. The van der Waals surface area contributed by atoms with Gasteiger partial charge in [-0.05, 0) is 6.92 Å². The molecule has 0 N–H and O–H groups in total. The molecule has 0 aliphatic carbocycles. The Morgan fingerprint density at radius 3 is 0.891 bits per heavy atom. The highest BCUT2D eigenvalue weighted by Gasteiger charge is 2.85. The average molecular weight is 1040 g/mol. The Balaban J connectivity index is 7.58. The third kappa shape index (κ3) is 15.2. The van der Waals surface area contributed by atoms with Gasteiger partial charge in [-0.1, -0.05) is 0 Å². The molecule has 3 unspecified atom stereocenters. The van der Waals surface area contributed by atoms with Crippen LogP contribution in [0.5, 0.6) is 0 Å². The van der Waals surface area contributed by atoms with Crippen LogP contribution >= 0.6 is 0 Å². The fraction of sp³-hybridized carbons (Fsp3) is 1.00. The van der Waals surface area contributed by atoms with Gasteiger partial charge in [0, 0.05) is 82.1 Å². The van der Waals surface area contributed by atoms with Crippen LogP contribution in [0.2, 0.25) is 18.1 Å². The van der Waals surface area contributed by atoms with E-state index in [1.807, 2.05) is 0 Å². The van der Waals surface area contributed by atoms with Gasteiger partial charge < -0.3 is 58.8 Å². The molecule has 64 heavy (non-hydrogen) atoms. The summed E-state index contributed by atoms with van der Waals surface area (Å²) in [7, 11) is -2.74. The first kappa shape index (κ1) is 62.9. The van der Waals surface area contributed by atoms with Gasteiger partial charge in [-0.25, -0.2) is 0 Å². The zero-order valence-corrected chi connectivity index (χ0v) is 38.5. The van der Waals surface area contributed by atoms with E-state index in [1.165, 1.54) is 0 Å². The second-order valence-electron chi connectivity index (χ2n) is 12.8. The number of alkyl halides is 17. The van der Waals surface area contributed by atoms with Crippen LogP contribution in [0.15, 0.2) is 0 Å². The minimum Gasteiger partial charge on any atom is -0.378 e. The maximum Gasteiger partial charge on any atom is 0.502 e. The Kier molecular flexibility index (Phi) is 23.5. The molecule has 0 saturated carbocycles. The SMILES string of the molecule is CO[Si](CCOCC(OC(F)(F)C(C)(C(F)(F)OC(F)(COCC[Si](OC)(OC)OC)C(F)(F)F)C(F)(F)OC(F)(COCC[Si](OC)(OC)OC)C(F)(F)F)C(F)(F)F)(OC)OC. The molecule has 0 fully saturated rings. The minimum absolute atomic E-state index is 0.597. The molecule has 3 atom stereocenters. The summed E-state index contributed by atoms with van der Waals surface area (Å²) in [5.74, 6) is -12.5. The van der Waals surface area contributed by atoms with Gasteiger partial charge in [-0.15, -0.1) is 0 Å². The summed E-state index contributed by atoms with van der Waals surface area (Å²) in [6, 6.07) is -2.06. The number of rotatable bonds is 33. The van der Waals surface area contributed by atoms with E-state index in [1.54, 1.807) is 0 Å². The summed E-state index contributed by atoms with van der Waals surface area (Å²) in [6.45, 7) is -13.0. The molecule has 0 radical (unpaired) electrons. The highest BCUT2D eigenvalue weighted by molar-refractivity contribution is 6.61. The van der Waals surface area contributed by atoms with Gasteiger partial charge in [-0.2, -0.15) is 74.6 Å². The van der Waals surface area contributed by atoms with Crippen molar-refractivity contribution in [2.75, 3.05) is 104 Å². The molecule has 0 amide bonds. The van der Waals surface area contributed by atoms with Crippen LogP contribution in [0.25, 0.3) is 0 Å². The maximum atomic E-state index is 16.1. The van der Waals surface area contributed by atoms with Crippen molar-refractivity contribution in [1.82, 2.24) is 0 Å². The summed E-state index contributed by atoms with van der Waals surface area (Å²) in [5.41, 5.74) is -6.90. The quantitative estimate of drug-likeness (QED) is 0.0383. The third-order valence-corrected chi connectivity index (χ3v) is 17.2. The van der Waals surface area contributed by atoms with Crippen LogP contribution < -0.4 is 0 Å². The largest absolute Gasteiger partial charge is 0.502 e. The van der Waals surface area contributed by atoms with Gasteiger partial charge in [-0.3, -0.25) is 9.47 Å². The summed E-state index contributed by atoms with van der Waals surface area (Å²) in [4.78, 5) is 0. The van der Waals surface area contributed by atoms with Gasteiger partial charge in [0.25, 0.3) is 0 Å². The van der Waals surface area contributed by atoms with E-state index in [2.05, 4.69) is 28.4 Å². The first-order valence-electron chi connectivity index (χ1n) is 17.4. The van der Waals surface area contributed by atoms with Gasteiger partial charge in [0.15, 0.2) is 6.10 Å². The van der Waals surface area contributed by atoms with Crippen molar-refractivity contribution in [2.24, 2.45) is 5.41 Å². The van der Waals surface area contributed by atoms with Gasteiger partial charge in [0.2, 0.25) is 5.41 Å². The molecule has 0 bridgehead atoms. The van der Waals surface area contributed by atoms with Gasteiger partial charge in [0.1, 0.15) is 13.2 Å². The topological polar surface area (TPSA) is 138 Å². The van der Waals surface area contributed by atoms with Crippen molar-refractivity contribution < 1.29 is 143 Å². The van der Waals surface area contributed by atoms with Crippen molar-refractivity contribution in [3.63, 3.8) is 0 Å². The molecule has 15 nitrogen and oxygen atoms in total. The molecule has 0 aliphatic rings. The van der Waals surface area contributed by atoms with Crippen molar-refractivity contribution in [3.8, 4) is 0 Å². The van der Waals surface area contributed by atoms with Crippen LogP contribution in [-0.2, 0) is 68.3 Å². The minimum atomic E-state index is -7.46. The van der Waals surface area contributed by atoms with Gasteiger partial charge in [0.05, 0.1) is 26.4 Å². The molecule has 0 rings (SSSR count). The molecule has 0 spiro atoms. The van der Waals surface area contributed by atoms with Crippen LogP contribution in [-0.4, -0.2) is 185 Å². The lowest BCUT2D eigenvalue weighted by molar-refractivity contribution is -0.548. The number of hydrogen-bond donors (Lipinski definition) is 0. The van der Waals surface area contributed by atoms with E-state index in [9.17, 15) is 39.5 Å². The molecule has 386 valence electrons. The van der Waals surface area contributed by atoms with Crippen LogP contribution in [0.1, 0.15) is 6.92 Å². The predicted octanol–water partition coefficient (Wildman–Crippen LogP) is 6.89. The van der Waals surface area contributed by atoms with E-state index in [0.29, 0.717) is 0 Å². The zero-order valence-electron chi connectivity index (χ0n) is 35.5. The maximum absolute atomic E-state index is 16.1. The van der Waals surface area contributed by atoms with Crippen molar-refractivity contribution in [3.05, 3.63) is 0 Å². The van der Waals surface area contributed by atoms with Crippen molar-refractivity contribution in [1.29, 1.82) is 0 Å². The Morgan fingerprint density at radius 2 is 0.656 bits per heavy atom. The Bertz CT molecular complexity index is 1270. The normalized spacial score (nSPS) is 17.9. The highest BCUT2D eigenvalue weighted by Crippen LogP contribution is 2.62. The number of ether oxygens (including phenoxy) is 6.